The molecule has 2 aliphatic carbocycles. The van der Waals surface area contributed by atoms with Gasteiger partial charge in [0, 0.05) is 17.5 Å². The van der Waals surface area contributed by atoms with Crippen LogP contribution < -0.4 is 5.32 Å². The molecule has 1 aromatic rings. The third-order valence-electron chi connectivity index (χ3n) is 4.76. The van der Waals surface area contributed by atoms with E-state index in [2.05, 4.69) is 17.2 Å². The molecule has 2 N–H and O–H groups in total. The molecule has 2 aliphatic rings. The van der Waals surface area contributed by atoms with Gasteiger partial charge in [-0.3, -0.25) is 4.79 Å². The van der Waals surface area contributed by atoms with Gasteiger partial charge in [0.2, 0.25) is 0 Å². The molecule has 1 heterocycles. The van der Waals surface area contributed by atoms with Gasteiger partial charge < -0.3 is 10.4 Å². The molecular weight excluding hydrogens is 260 g/mol. The van der Waals surface area contributed by atoms with Crippen LogP contribution in [0, 0.1) is 31.6 Å². The van der Waals surface area contributed by atoms with Gasteiger partial charge in [-0.2, -0.15) is 0 Å². The van der Waals surface area contributed by atoms with E-state index in [1.807, 2.05) is 6.92 Å². The zero-order valence-electron chi connectivity index (χ0n) is 11.3. The lowest BCUT2D eigenvalue weighted by molar-refractivity contribution is -0.144. The maximum Gasteiger partial charge on any atom is 0.308 e. The van der Waals surface area contributed by atoms with Crippen LogP contribution >= 0.6 is 11.3 Å². The lowest BCUT2D eigenvalue weighted by Gasteiger charge is -2.28. The molecule has 2 saturated carbocycles. The van der Waals surface area contributed by atoms with E-state index in [0.29, 0.717) is 18.4 Å². The molecule has 4 nitrogen and oxygen atoms in total. The second-order valence-electron chi connectivity index (χ2n) is 5.85. The summed E-state index contributed by atoms with van der Waals surface area (Å²) in [5, 5.41) is 13.9. The first kappa shape index (κ1) is 13.1. The molecule has 3 rings (SSSR count). The number of rotatable bonds is 4. The van der Waals surface area contributed by atoms with E-state index in [4.69, 9.17) is 0 Å². The number of aliphatic carboxylic acids is 1. The monoisotopic (exact) mass is 280 g/mol. The van der Waals surface area contributed by atoms with Crippen LogP contribution in [0.3, 0.4) is 0 Å². The lowest BCUT2D eigenvalue weighted by Crippen LogP contribution is -2.43. The molecule has 0 amide bonds. The Balaban J connectivity index is 1.67. The van der Waals surface area contributed by atoms with E-state index in [1.54, 1.807) is 11.3 Å². The highest BCUT2D eigenvalue weighted by Gasteiger charge is 2.50. The molecule has 2 fully saturated rings. The molecule has 2 bridgehead atoms. The third-order valence-corrected chi connectivity index (χ3v) is 5.84. The number of carboxylic acid groups (broad SMARTS) is 1. The van der Waals surface area contributed by atoms with Gasteiger partial charge in [0.25, 0.3) is 0 Å². The summed E-state index contributed by atoms with van der Waals surface area (Å²) in [5.41, 5.74) is 1.09. The van der Waals surface area contributed by atoms with Crippen molar-refractivity contribution >= 4 is 17.3 Å². The molecule has 4 unspecified atom stereocenters. The summed E-state index contributed by atoms with van der Waals surface area (Å²) >= 11 is 1.71. The third kappa shape index (κ3) is 2.30. The largest absolute Gasteiger partial charge is 0.481 e. The first-order chi connectivity index (χ1) is 9.06. The fraction of sp³-hybridized carbons (Fsp3) is 0.714. The van der Waals surface area contributed by atoms with Crippen molar-refractivity contribution < 1.29 is 9.90 Å². The first-order valence-electron chi connectivity index (χ1n) is 6.95. The van der Waals surface area contributed by atoms with E-state index in [1.165, 1.54) is 11.3 Å². The van der Waals surface area contributed by atoms with Crippen molar-refractivity contribution in [1.29, 1.82) is 0 Å². The molecule has 0 spiro atoms. The molecule has 19 heavy (non-hydrogen) atoms. The Kier molecular flexibility index (Phi) is 3.35. The summed E-state index contributed by atoms with van der Waals surface area (Å²) in [6.07, 6.45) is 3.36. The van der Waals surface area contributed by atoms with Crippen molar-refractivity contribution in [3.8, 4) is 0 Å². The number of thiazole rings is 1. The normalized spacial score (nSPS) is 32.9. The van der Waals surface area contributed by atoms with E-state index in [0.717, 1.165) is 23.5 Å². The highest BCUT2D eigenvalue weighted by molar-refractivity contribution is 7.11. The highest BCUT2D eigenvalue weighted by Crippen LogP contribution is 2.48. The lowest BCUT2D eigenvalue weighted by atomic mass is 9.84. The first-order valence-corrected chi connectivity index (χ1v) is 7.77. The Bertz CT molecular complexity index is 480. The number of carboxylic acids is 1. The maximum atomic E-state index is 11.4. The van der Waals surface area contributed by atoms with Crippen molar-refractivity contribution in [2.24, 2.45) is 17.8 Å². The van der Waals surface area contributed by atoms with Crippen LogP contribution in [0.5, 0.6) is 0 Å². The van der Waals surface area contributed by atoms with Gasteiger partial charge >= 0.3 is 5.97 Å². The summed E-state index contributed by atoms with van der Waals surface area (Å²) < 4.78 is 0. The molecule has 0 radical (unpaired) electrons. The van der Waals surface area contributed by atoms with Crippen molar-refractivity contribution in [3.05, 3.63) is 15.6 Å². The molecule has 4 atom stereocenters. The number of carbonyl (C=O) groups is 1. The summed E-state index contributed by atoms with van der Waals surface area (Å²) in [4.78, 5) is 17.2. The van der Waals surface area contributed by atoms with E-state index < -0.39 is 5.97 Å². The van der Waals surface area contributed by atoms with Gasteiger partial charge in [0.15, 0.2) is 0 Å². The zero-order valence-corrected chi connectivity index (χ0v) is 12.2. The average Bonchev–Trinajstić information content (AvgIpc) is 3.02. The topological polar surface area (TPSA) is 62.2 Å². The van der Waals surface area contributed by atoms with Gasteiger partial charge in [0.05, 0.1) is 11.6 Å². The number of aromatic nitrogens is 1. The molecule has 0 aromatic carbocycles. The van der Waals surface area contributed by atoms with Crippen LogP contribution in [-0.4, -0.2) is 22.1 Å². The SMILES string of the molecule is Cc1nc(CNC2C3CCC(C3)C2C(=O)O)sc1C. The van der Waals surface area contributed by atoms with Crippen molar-refractivity contribution in [1.82, 2.24) is 10.3 Å². The van der Waals surface area contributed by atoms with E-state index in [9.17, 15) is 9.90 Å². The van der Waals surface area contributed by atoms with Gasteiger partial charge in [0.1, 0.15) is 5.01 Å². The zero-order chi connectivity index (χ0) is 13.6. The van der Waals surface area contributed by atoms with Crippen LogP contribution in [0.1, 0.15) is 34.8 Å². The van der Waals surface area contributed by atoms with Gasteiger partial charge in [-0.05, 0) is 44.9 Å². The number of aryl methyl sites for hydroxylation is 2. The van der Waals surface area contributed by atoms with Crippen LogP contribution in [0.25, 0.3) is 0 Å². The molecular formula is C14H20N2O2S. The summed E-state index contributed by atoms with van der Waals surface area (Å²) in [6.45, 7) is 4.80. The highest BCUT2D eigenvalue weighted by atomic mass is 32.1. The van der Waals surface area contributed by atoms with Gasteiger partial charge in [-0.1, -0.05) is 0 Å². The summed E-state index contributed by atoms with van der Waals surface area (Å²) in [6, 6.07) is 0.140. The quantitative estimate of drug-likeness (QED) is 0.888. The number of hydrogen-bond acceptors (Lipinski definition) is 4. The molecule has 104 valence electrons. The van der Waals surface area contributed by atoms with Gasteiger partial charge in [-0.15, -0.1) is 11.3 Å². The average molecular weight is 280 g/mol. The Hall–Kier alpha value is -0.940. The number of fused-ring (bicyclic) bond motifs is 2. The number of hydrogen-bond donors (Lipinski definition) is 2. The van der Waals surface area contributed by atoms with Crippen LogP contribution in [-0.2, 0) is 11.3 Å². The minimum Gasteiger partial charge on any atom is -0.481 e. The minimum absolute atomic E-state index is 0.140. The smallest absolute Gasteiger partial charge is 0.308 e. The molecule has 0 saturated heterocycles. The predicted molar refractivity (Wildman–Crippen MR) is 74.2 cm³/mol. The Labute approximate surface area is 117 Å². The van der Waals surface area contributed by atoms with Crippen molar-refractivity contribution in [3.63, 3.8) is 0 Å². The second-order valence-corrected chi connectivity index (χ2v) is 7.14. The Morgan fingerprint density at radius 2 is 2.16 bits per heavy atom. The Morgan fingerprint density at radius 3 is 2.79 bits per heavy atom. The summed E-state index contributed by atoms with van der Waals surface area (Å²) in [7, 11) is 0. The molecule has 0 aliphatic heterocycles. The van der Waals surface area contributed by atoms with Crippen LogP contribution in [0.4, 0.5) is 0 Å². The summed E-state index contributed by atoms with van der Waals surface area (Å²) in [5.74, 6) is 0.116. The van der Waals surface area contributed by atoms with Crippen LogP contribution in [0.15, 0.2) is 0 Å². The predicted octanol–water partition coefficient (Wildman–Crippen LogP) is 2.35. The van der Waals surface area contributed by atoms with Crippen molar-refractivity contribution in [2.45, 2.75) is 45.7 Å². The number of nitrogens with one attached hydrogen (secondary N) is 1. The second kappa shape index (κ2) is 4.87. The number of nitrogens with zero attached hydrogens (tertiary/aromatic N) is 1. The fourth-order valence-corrected chi connectivity index (χ4v) is 4.65. The maximum absolute atomic E-state index is 11.4. The molecule has 1 aromatic heterocycles. The van der Waals surface area contributed by atoms with Crippen LogP contribution in [0.2, 0.25) is 0 Å². The fourth-order valence-electron chi connectivity index (χ4n) is 3.76. The minimum atomic E-state index is -0.629. The standard InChI is InChI=1S/C14H20N2O2S/c1-7-8(2)19-11(16-7)6-15-13-10-4-3-9(5-10)12(13)14(17)18/h9-10,12-13,15H,3-6H2,1-2H3,(H,17,18). The molecule has 5 heteroatoms. The van der Waals surface area contributed by atoms with E-state index in [-0.39, 0.29) is 12.0 Å². The Morgan fingerprint density at radius 1 is 1.42 bits per heavy atom. The van der Waals surface area contributed by atoms with Crippen molar-refractivity contribution in [2.75, 3.05) is 0 Å². The van der Waals surface area contributed by atoms with Gasteiger partial charge in [-0.25, -0.2) is 4.98 Å². The van der Waals surface area contributed by atoms with E-state index >= 15 is 0 Å².